The van der Waals surface area contributed by atoms with Crippen LogP contribution in [0.5, 0.6) is 0 Å². The van der Waals surface area contributed by atoms with Crippen LogP contribution in [0.2, 0.25) is 0 Å². The summed E-state index contributed by atoms with van der Waals surface area (Å²) in [5, 5.41) is 0. The van der Waals surface area contributed by atoms with Crippen LogP contribution in [0.25, 0.3) is 11.0 Å². The van der Waals surface area contributed by atoms with Gasteiger partial charge in [-0.2, -0.15) is 0 Å². The zero-order valence-electron chi connectivity index (χ0n) is 8.91. The summed E-state index contributed by atoms with van der Waals surface area (Å²) in [4.78, 5) is 8.02. The van der Waals surface area contributed by atoms with E-state index in [0.717, 1.165) is 34.2 Å². The van der Waals surface area contributed by atoms with Crippen molar-refractivity contribution in [3.05, 3.63) is 28.5 Å². The van der Waals surface area contributed by atoms with E-state index in [4.69, 9.17) is 5.73 Å². The predicted octanol–water partition coefficient (Wildman–Crippen LogP) is 2.92. The average molecular weight is 280 g/mol. The third-order valence-corrected chi connectivity index (χ3v) is 3.88. The molecule has 4 heteroatoms. The van der Waals surface area contributed by atoms with Gasteiger partial charge in [-0.3, -0.25) is 0 Å². The highest BCUT2D eigenvalue weighted by Crippen LogP contribution is 2.32. The second-order valence-corrected chi connectivity index (χ2v) is 5.40. The second kappa shape index (κ2) is 3.86. The van der Waals surface area contributed by atoms with Crippen molar-refractivity contribution in [1.82, 2.24) is 9.97 Å². The summed E-state index contributed by atoms with van der Waals surface area (Å²) in [6.45, 7) is 0. The van der Waals surface area contributed by atoms with Crippen molar-refractivity contribution in [3.8, 4) is 0 Å². The summed E-state index contributed by atoms with van der Waals surface area (Å²) in [5.41, 5.74) is 8.21. The molecule has 0 saturated heterocycles. The number of halogens is 1. The number of aromatic nitrogens is 2. The van der Waals surface area contributed by atoms with Crippen molar-refractivity contribution in [3.63, 3.8) is 0 Å². The van der Waals surface area contributed by atoms with Crippen molar-refractivity contribution in [2.45, 2.75) is 31.2 Å². The molecule has 1 heterocycles. The molecule has 1 saturated carbocycles. The molecule has 1 fully saturated rings. The van der Waals surface area contributed by atoms with Crippen molar-refractivity contribution in [2.24, 2.45) is 5.73 Å². The van der Waals surface area contributed by atoms with Crippen LogP contribution in [-0.2, 0) is 0 Å². The van der Waals surface area contributed by atoms with Crippen LogP contribution in [0.4, 0.5) is 0 Å². The van der Waals surface area contributed by atoms with E-state index in [1.54, 1.807) is 0 Å². The molecular formula is C12H14BrN3. The largest absolute Gasteiger partial charge is 0.342 e. The number of aromatic amines is 1. The smallest absolute Gasteiger partial charge is 0.111 e. The first kappa shape index (κ1) is 10.3. The summed E-state index contributed by atoms with van der Waals surface area (Å²) >= 11 is 3.46. The minimum Gasteiger partial charge on any atom is -0.342 e. The third kappa shape index (κ3) is 1.66. The quantitative estimate of drug-likeness (QED) is 0.843. The van der Waals surface area contributed by atoms with E-state index >= 15 is 0 Å². The second-order valence-electron chi connectivity index (χ2n) is 4.48. The van der Waals surface area contributed by atoms with Crippen LogP contribution < -0.4 is 5.73 Å². The minimum atomic E-state index is 0.268. The zero-order chi connectivity index (χ0) is 11.1. The predicted molar refractivity (Wildman–Crippen MR) is 68.4 cm³/mol. The monoisotopic (exact) mass is 279 g/mol. The van der Waals surface area contributed by atoms with Crippen molar-refractivity contribution >= 4 is 27.0 Å². The zero-order valence-corrected chi connectivity index (χ0v) is 10.5. The van der Waals surface area contributed by atoms with Crippen molar-refractivity contribution < 1.29 is 0 Å². The van der Waals surface area contributed by atoms with E-state index in [0.29, 0.717) is 5.92 Å². The summed E-state index contributed by atoms with van der Waals surface area (Å²) in [5.74, 6) is 1.46. The van der Waals surface area contributed by atoms with E-state index in [-0.39, 0.29) is 6.04 Å². The van der Waals surface area contributed by atoms with E-state index in [1.165, 1.54) is 6.42 Å². The molecule has 3 N–H and O–H groups in total. The van der Waals surface area contributed by atoms with Gasteiger partial charge in [-0.1, -0.05) is 22.4 Å². The number of H-pyrrole nitrogens is 1. The third-order valence-electron chi connectivity index (χ3n) is 3.38. The fraction of sp³-hybridized carbons (Fsp3) is 0.417. The molecule has 0 amide bonds. The van der Waals surface area contributed by atoms with Gasteiger partial charge in [-0.15, -0.1) is 0 Å². The molecule has 1 aliphatic carbocycles. The summed E-state index contributed by atoms with van der Waals surface area (Å²) in [6.07, 6.45) is 3.49. The van der Waals surface area contributed by atoms with Gasteiger partial charge < -0.3 is 10.7 Å². The number of fused-ring (bicyclic) bond motifs is 1. The number of hydrogen-bond donors (Lipinski definition) is 2. The molecule has 0 unspecified atom stereocenters. The molecule has 0 spiro atoms. The Morgan fingerprint density at radius 1 is 1.38 bits per heavy atom. The number of hydrogen-bond acceptors (Lipinski definition) is 2. The topological polar surface area (TPSA) is 54.7 Å². The summed E-state index contributed by atoms with van der Waals surface area (Å²) < 4.78 is 1.07. The molecule has 1 aromatic heterocycles. The van der Waals surface area contributed by atoms with E-state index < -0.39 is 0 Å². The lowest BCUT2D eigenvalue weighted by Crippen LogP contribution is -2.23. The molecule has 84 valence electrons. The lowest BCUT2D eigenvalue weighted by molar-refractivity contribution is 0.588. The van der Waals surface area contributed by atoms with Crippen molar-refractivity contribution in [1.29, 1.82) is 0 Å². The number of nitrogens with one attached hydrogen (secondary N) is 1. The Kier molecular flexibility index (Phi) is 2.48. The van der Waals surface area contributed by atoms with Crippen LogP contribution in [0.3, 0.4) is 0 Å². The first-order chi connectivity index (χ1) is 7.74. The van der Waals surface area contributed by atoms with Crippen LogP contribution in [-0.4, -0.2) is 16.0 Å². The molecule has 3 rings (SSSR count). The van der Waals surface area contributed by atoms with Crippen LogP contribution in [0.15, 0.2) is 22.7 Å². The SMILES string of the molecule is N[C@@H]1CCC[C@@H]1c1nc2ccc(Br)cc2[nH]1. The van der Waals surface area contributed by atoms with Gasteiger partial charge in [-0.05, 0) is 31.0 Å². The number of nitrogens with zero attached hydrogens (tertiary/aromatic N) is 1. The standard InChI is InChI=1S/C12H14BrN3/c13-7-4-5-10-11(6-7)16-12(15-10)8-2-1-3-9(8)14/h4-6,8-9H,1-3,14H2,(H,15,16)/t8-,9+/m0/s1. The molecular weight excluding hydrogens is 266 g/mol. The highest BCUT2D eigenvalue weighted by Gasteiger charge is 2.27. The normalized spacial score (nSPS) is 25.4. The maximum Gasteiger partial charge on any atom is 0.111 e. The fourth-order valence-electron chi connectivity index (χ4n) is 2.51. The maximum atomic E-state index is 6.09. The average Bonchev–Trinajstić information content (AvgIpc) is 2.82. The Labute approximate surface area is 103 Å². The van der Waals surface area contributed by atoms with Gasteiger partial charge in [0, 0.05) is 16.4 Å². The number of rotatable bonds is 1. The van der Waals surface area contributed by atoms with E-state index in [1.807, 2.05) is 12.1 Å². The van der Waals surface area contributed by atoms with Crippen LogP contribution >= 0.6 is 15.9 Å². The first-order valence-corrected chi connectivity index (χ1v) is 6.44. The lowest BCUT2D eigenvalue weighted by Gasteiger charge is -2.11. The number of nitrogens with two attached hydrogens (primary N) is 1. The maximum absolute atomic E-state index is 6.09. The Bertz CT molecular complexity index is 520. The molecule has 2 aromatic rings. The first-order valence-electron chi connectivity index (χ1n) is 5.65. The van der Waals surface area contributed by atoms with Gasteiger partial charge in [0.1, 0.15) is 5.82 Å². The number of imidazole rings is 1. The summed E-state index contributed by atoms with van der Waals surface area (Å²) in [7, 11) is 0. The van der Waals surface area contributed by atoms with Gasteiger partial charge in [0.25, 0.3) is 0 Å². The Morgan fingerprint density at radius 3 is 3.00 bits per heavy atom. The Morgan fingerprint density at radius 2 is 2.25 bits per heavy atom. The minimum absolute atomic E-state index is 0.268. The molecule has 3 nitrogen and oxygen atoms in total. The molecule has 2 atom stereocenters. The number of benzene rings is 1. The molecule has 0 aliphatic heterocycles. The molecule has 16 heavy (non-hydrogen) atoms. The van der Waals surface area contributed by atoms with Crippen molar-refractivity contribution in [2.75, 3.05) is 0 Å². The Hall–Kier alpha value is -0.870. The Balaban J connectivity index is 2.04. The van der Waals surface area contributed by atoms with Crippen LogP contribution in [0.1, 0.15) is 31.0 Å². The molecule has 1 aromatic carbocycles. The molecule has 0 radical (unpaired) electrons. The van der Waals surface area contributed by atoms with Gasteiger partial charge in [-0.25, -0.2) is 4.98 Å². The highest BCUT2D eigenvalue weighted by molar-refractivity contribution is 9.10. The van der Waals surface area contributed by atoms with E-state index in [9.17, 15) is 0 Å². The van der Waals surface area contributed by atoms with Gasteiger partial charge in [0.15, 0.2) is 0 Å². The lowest BCUT2D eigenvalue weighted by atomic mass is 10.0. The molecule has 1 aliphatic rings. The van der Waals surface area contributed by atoms with Gasteiger partial charge in [0.2, 0.25) is 0 Å². The van der Waals surface area contributed by atoms with Crippen LogP contribution in [0, 0.1) is 0 Å². The van der Waals surface area contributed by atoms with E-state index in [2.05, 4.69) is 32.0 Å². The molecule has 0 bridgehead atoms. The fourth-order valence-corrected chi connectivity index (χ4v) is 2.87. The highest BCUT2D eigenvalue weighted by atomic mass is 79.9. The summed E-state index contributed by atoms with van der Waals surface area (Å²) in [6, 6.07) is 6.37. The van der Waals surface area contributed by atoms with Gasteiger partial charge in [0.05, 0.1) is 11.0 Å². The van der Waals surface area contributed by atoms with Gasteiger partial charge >= 0.3 is 0 Å².